The average Bonchev–Trinajstić information content (AvgIpc) is 1.72. The zero-order chi connectivity index (χ0) is 81.3. The van der Waals surface area contributed by atoms with Crippen LogP contribution in [0.3, 0.4) is 0 Å². The first-order valence-electron chi connectivity index (χ1n) is 31.8. The van der Waals surface area contributed by atoms with Crippen molar-refractivity contribution in [3.8, 4) is 44.9 Å². The molecule has 580 valence electrons. The minimum absolute atomic E-state index is 0.128. The Morgan fingerprint density at radius 3 is 1.27 bits per heavy atom. The van der Waals surface area contributed by atoms with Crippen molar-refractivity contribution in [2.24, 2.45) is 5.73 Å². The van der Waals surface area contributed by atoms with Gasteiger partial charge in [0.15, 0.2) is 22.7 Å². The molecule has 0 atom stereocenters. The average molecular weight is 1680 g/mol. The largest absolute Gasteiger partial charge is 0.744 e. The van der Waals surface area contributed by atoms with Gasteiger partial charge in [0, 0.05) is 113 Å². The molecule has 15 N–H and O–H groups in total. The normalized spacial score (nSPS) is 14.0. The quantitative estimate of drug-likeness (QED) is 0.0137. The molecule has 36 nitrogen and oxygen atoms in total. The topological polar surface area (TPSA) is 621 Å². The van der Waals surface area contributed by atoms with E-state index in [1.165, 1.54) is 35.3 Å². The summed E-state index contributed by atoms with van der Waals surface area (Å²) in [4.78, 5) is 124. The second kappa shape index (κ2) is 32.9. The van der Waals surface area contributed by atoms with E-state index in [9.17, 15) is 110 Å². The number of carboxylic acid groups (broad SMARTS) is 2. The van der Waals surface area contributed by atoms with Crippen LogP contribution in [0.5, 0.6) is 0 Å². The molecule has 7 aliphatic rings. The van der Waals surface area contributed by atoms with Gasteiger partial charge in [0.1, 0.15) is 30.0 Å². The molecule has 0 spiro atoms. The molecule has 4 aromatic carbocycles. The highest BCUT2D eigenvalue weighted by Gasteiger charge is 2.40. The highest BCUT2D eigenvalue weighted by atomic mass is 35.5. The lowest BCUT2D eigenvalue weighted by Crippen LogP contribution is -2.47. The number of fused-ring (bicyclic) bond motifs is 4. The second-order valence-electron chi connectivity index (χ2n) is 24.0. The number of halogens is 4. The van der Waals surface area contributed by atoms with Crippen molar-refractivity contribution in [3.63, 3.8) is 0 Å². The molecule has 4 aromatic rings. The van der Waals surface area contributed by atoms with E-state index in [0.29, 0.717) is 38.8 Å². The maximum Gasteiger partial charge on any atom is 0.365 e. The summed E-state index contributed by atoms with van der Waals surface area (Å²) in [6.07, 6.45) is 10.8. The van der Waals surface area contributed by atoms with E-state index in [0.717, 1.165) is 85.2 Å². The van der Waals surface area contributed by atoms with Crippen LogP contribution in [0.25, 0.3) is 66.8 Å². The summed E-state index contributed by atoms with van der Waals surface area (Å²) < 4.78 is 155. The monoisotopic (exact) mass is 1680 g/mol. The van der Waals surface area contributed by atoms with Crippen LogP contribution in [0.2, 0.25) is 20.1 Å². The van der Waals surface area contributed by atoms with Gasteiger partial charge in [-0.05, 0) is 80.8 Å². The van der Waals surface area contributed by atoms with Gasteiger partial charge in [-0.1, -0.05) is 72.1 Å². The van der Waals surface area contributed by atoms with E-state index in [-0.39, 0.29) is 87.6 Å². The van der Waals surface area contributed by atoms with Gasteiger partial charge < -0.3 is 55.5 Å². The molecule has 2 aliphatic carbocycles. The van der Waals surface area contributed by atoms with Crippen LogP contribution in [-0.4, -0.2) is 162 Å². The number of hydrogen-bond acceptors (Lipinski definition) is 26. The number of rotatable bonds is 24. The number of amides is 7. The molecule has 44 heteroatoms. The lowest BCUT2D eigenvalue weighted by atomic mass is 9.89. The number of hydroxylamine groups is 2. The van der Waals surface area contributed by atoms with Gasteiger partial charge in [0.2, 0.25) is 20.5 Å². The fourth-order valence-electron chi connectivity index (χ4n) is 11.9. The van der Waals surface area contributed by atoms with Crippen molar-refractivity contribution in [1.82, 2.24) is 20.2 Å². The maximum absolute atomic E-state index is 13.2. The van der Waals surface area contributed by atoms with E-state index in [2.05, 4.69) is 5.32 Å². The van der Waals surface area contributed by atoms with Crippen LogP contribution < -0.4 is 44.1 Å². The summed E-state index contributed by atoms with van der Waals surface area (Å²) in [6, 6.07) is 10.4. The Hall–Kier alpha value is -10.6. The van der Waals surface area contributed by atoms with Crippen LogP contribution >= 0.6 is 46.4 Å². The first kappa shape index (κ1) is 83.4. The number of benzene rings is 6. The highest BCUT2D eigenvalue weighted by Crippen LogP contribution is 2.52. The molecule has 5 heterocycles. The third-order valence-corrected chi connectivity index (χ3v) is 21.9. The van der Waals surface area contributed by atoms with Crippen molar-refractivity contribution in [2.75, 3.05) is 37.6 Å². The van der Waals surface area contributed by atoms with Crippen LogP contribution in [0.4, 0.5) is 11.4 Å². The van der Waals surface area contributed by atoms with Gasteiger partial charge in [-0.2, -0.15) is 16.8 Å². The fraction of sp³-hybridized carbons (Fsp3) is 0.212. The van der Waals surface area contributed by atoms with Gasteiger partial charge in [-0.15, -0.1) is 5.06 Å². The molecule has 7 amide bonds. The molecular weight excluding hydrogens is 1620 g/mol. The third kappa shape index (κ3) is 17.2. The smallest absolute Gasteiger partial charge is 0.365 e. The van der Waals surface area contributed by atoms with Crippen molar-refractivity contribution in [2.45, 2.75) is 83.8 Å². The molecule has 0 radical (unpaired) electrons. The van der Waals surface area contributed by atoms with Crippen LogP contribution in [0.1, 0.15) is 106 Å². The Bertz CT molecular complexity index is 5900. The Kier molecular flexibility index (Phi) is 25.0. The predicted octanol–water partition coefficient (Wildman–Crippen LogP) is 3.07. The van der Waals surface area contributed by atoms with E-state index in [1.807, 2.05) is 0 Å². The summed E-state index contributed by atoms with van der Waals surface area (Å²) in [7, 11) is -21.4. The number of nitrogens with one attached hydrogen (secondary N) is 1. The summed E-state index contributed by atoms with van der Waals surface area (Å²) in [6.45, 7) is 1.63. The molecule has 1 fully saturated rings. The van der Waals surface area contributed by atoms with Crippen LogP contribution in [-0.2, 0) is 74.1 Å². The molecule has 0 unspecified atom stereocenters. The van der Waals surface area contributed by atoms with Gasteiger partial charge in [0.05, 0.1) is 53.7 Å². The zero-order valence-corrected chi connectivity index (χ0v) is 62.3. The molecule has 110 heavy (non-hydrogen) atoms. The number of carbonyl (C=O) groups is 10. The van der Waals surface area contributed by atoms with Crippen molar-refractivity contribution >= 4 is 179 Å². The molecular formula is C66H57Cl4N9O27S4. The van der Waals surface area contributed by atoms with Crippen molar-refractivity contribution in [1.29, 1.82) is 0 Å². The summed E-state index contributed by atoms with van der Waals surface area (Å²) in [5.41, 5.74) is 8.87. The summed E-state index contributed by atoms with van der Waals surface area (Å²) in [5, 5.41) is 30.8. The van der Waals surface area contributed by atoms with Crippen LogP contribution in [0, 0.1) is 0 Å². The van der Waals surface area contributed by atoms with Crippen molar-refractivity contribution in [3.05, 3.63) is 138 Å². The molecule has 0 aromatic heterocycles. The van der Waals surface area contributed by atoms with Crippen molar-refractivity contribution < 1.29 is 135 Å². The number of carbonyl (C=O) groups excluding carboxylic acids is 8. The fourth-order valence-corrected chi connectivity index (χ4v) is 16.1. The van der Waals surface area contributed by atoms with Gasteiger partial charge in [0.25, 0.3) is 41.4 Å². The predicted molar refractivity (Wildman–Crippen MR) is 382 cm³/mol. The minimum Gasteiger partial charge on any atom is -0.744 e. The number of carboxylic acids is 2. The Labute approximate surface area is 640 Å². The molecule has 11 rings (SSSR count). The van der Waals surface area contributed by atoms with E-state index in [1.54, 1.807) is 0 Å². The Morgan fingerprint density at radius 2 is 0.900 bits per heavy atom. The zero-order valence-electron chi connectivity index (χ0n) is 56.0. The number of hydrogen-bond donors (Lipinski definition) is 10. The number of nitrogens with zero attached hydrogens (tertiary/aromatic N) is 3. The Balaban J connectivity index is 0.000000216. The number of aromatic carboxylic acids is 2. The van der Waals surface area contributed by atoms with E-state index in [4.69, 9.17) is 88.1 Å². The second-order valence-corrected chi connectivity index (χ2v) is 30.9. The summed E-state index contributed by atoms with van der Waals surface area (Å²) in [5.74, 6) is -10.3. The lowest BCUT2D eigenvalue weighted by molar-refractivity contribution is -0.177. The molecule has 5 aliphatic heterocycles. The number of nitrogen functional groups attached to an aromatic ring is 2. The third-order valence-electron chi connectivity index (χ3n) is 16.8. The minimum atomic E-state index is -5.48. The van der Waals surface area contributed by atoms with Gasteiger partial charge >= 0.3 is 38.1 Å². The maximum atomic E-state index is 13.2. The number of nitrogens with two attached hydrogens (primary N) is 5. The first-order chi connectivity index (χ1) is 51.4. The number of anilines is 2. The molecule has 1 saturated heterocycles. The SMILES string of the molecule is NCCCCCCN1C(=O)C=CC1=O.Nc1ccc2c(-c3c(Cl)cc(C(=O)NCCCCCCN4C(=O)C=CC4=O)c(Cl)c3C(=O)O)c3ccc(=[NH2+])c(S(=O)(=O)O)c-3oc2c1S(=O)(=O)[O-].Nc1ccc2c(-c3c(Cl)cc(C(=O)ON4C(=O)CCC4=O)c(Cl)c3C(=O)O)c3ccc(=[NH2+])c(S(=O)(=O)O)c-3oc2c1S(=O)(=O)[O-]. The Morgan fingerprint density at radius 1 is 0.527 bits per heavy atom. The standard InChI is InChI=1S/C31H26Cl2N4O12S2.C25H15Cl2N3O13S2.C10H16N2O2/c32-17-13-16(30(40)36-11-3-1-2-4-12-37-20(38)9-10-21(37)39)25(33)24(31(41)42)23(17)22-14-5-7-18(34)28(50(43,44)45)26(14)49-27-15(22)6-8-19(35)29(27)51(46,47)48;26-11-7-10(25(35)43-30-14(31)5-6-15(30)32)19(27)18(24(33)34)17(11)16-8-1-3-12(28)22(44(36,37)38)20(8)42-21-9(16)2-4-13(29)23(21)45(39,40)41;11-7-3-1-2-4-8-12-9(13)5-6-10(12)14/h5-10,13,34H,1-4,11-12,35H2,(H,36,40)(H,41,42)(H,43,44,45)(H,46,47,48);1-4,7,28H,5-6,29H2,(H,33,34)(H,36,37,38)(H,39,40,41);5-6H,1-4,7-8,11H2. The van der Waals surface area contributed by atoms with Crippen LogP contribution in [0.15, 0.2) is 113 Å². The van der Waals surface area contributed by atoms with Gasteiger partial charge in [-0.3, -0.25) is 63.3 Å². The lowest BCUT2D eigenvalue weighted by Gasteiger charge is -2.22. The number of unbranched alkanes of at least 4 members (excludes halogenated alkanes) is 6. The number of imide groups is 3. The van der Waals surface area contributed by atoms with Gasteiger partial charge in [-0.25, -0.2) is 31.2 Å². The molecule has 0 saturated carbocycles. The highest BCUT2D eigenvalue weighted by molar-refractivity contribution is 7.87. The molecule has 0 bridgehead atoms. The van der Waals surface area contributed by atoms with E-state index >= 15 is 0 Å². The van der Waals surface area contributed by atoms with E-state index < -0.39 is 194 Å². The first-order valence-corrected chi connectivity index (χ1v) is 39.0. The summed E-state index contributed by atoms with van der Waals surface area (Å²) >= 11 is 26.1.